The van der Waals surface area contributed by atoms with Crippen LogP contribution in [0, 0.1) is 0 Å². The fourth-order valence-corrected chi connectivity index (χ4v) is 3.18. The SMILES string of the molecule is CN=C/C(=C\N)c1ccc2scc(NCc3ccccc3)c2n1. The molecule has 0 spiro atoms. The third kappa shape index (κ3) is 3.40. The highest BCUT2D eigenvalue weighted by Gasteiger charge is 2.08. The predicted octanol–water partition coefficient (Wildman–Crippen LogP) is 3.91. The van der Waals surface area contributed by atoms with E-state index in [4.69, 9.17) is 10.7 Å². The molecule has 0 amide bonds. The first-order valence-electron chi connectivity index (χ1n) is 7.32. The summed E-state index contributed by atoms with van der Waals surface area (Å²) in [5.41, 5.74) is 10.6. The van der Waals surface area contributed by atoms with Crippen LogP contribution in [0.1, 0.15) is 11.3 Å². The quantitative estimate of drug-likeness (QED) is 0.700. The van der Waals surface area contributed by atoms with Crippen molar-refractivity contribution in [3.05, 3.63) is 65.3 Å². The van der Waals surface area contributed by atoms with Crippen molar-refractivity contribution in [3.8, 4) is 0 Å². The molecule has 2 heterocycles. The van der Waals surface area contributed by atoms with Gasteiger partial charge < -0.3 is 11.1 Å². The van der Waals surface area contributed by atoms with Gasteiger partial charge in [-0.1, -0.05) is 30.3 Å². The summed E-state index contributed by atoms with van der Waals surface area (Å²) in [6.45, 7) is 0.772. The number of nitrogens with two attached hydrogens (primary N) is 1. The maximum Gasteiger partial charge on any atom is 0.105 e. The number of nitrogens with zero attached hydrogens (tertiary/aromatic N) is 2. The highest BCUT2D eigenvalue weighted by Crippen LogP contribution is 2.30. The van der Waals surface area contributed by atoms with Gasteiger partial charge >= 0.3 is 0 Å². The molecule has 1 aromatic carbocycles. The smallest absolute Gasteiger partial charge is 0.105 e. The largest absolute Gasteiger partial charge is 0.404 e. The molecular weight excluding hydrogens is 304 g/mol. The van der Waals surface area contributed by atoms with Crippen molar-refractivity contribution in [2.24, 2.45) is 10.7 Å². The molecule has 4 nitrogen and oxygen atoms in total. The molecule has 0 aliphatic carbocycles. The molecule has 0 saturated carbocycles. The van der Waals surface area contributed by atoms with Crippen molar-refractivity contribution < 1.29 is 0 Å². The molecule has 0 bridgehead atoms. The molecule has 3 rings (SSSR count). The Bertz CT molecular complexity index is 850. The molecular formula is C18H18N4S. The summed E-state index contributed by atoms with van der Waals surface area (Å²) in [7, 11) is 1.72. The van der Waals surface area contributed by atoms with Gasteiger partial charge in [0.2, 0.25) is 0 Å². The number of anilines is 1. The number of thiophene rings is 1. The van der Waals surface area contributed by atoms with Crippen LogP contribution in [0.3, 0.4) is 0 Å². The molecule has 23 heavy (non-hydrogen) atoms. The van der Waals surface area contributed by atoms with E-state index in [0.717, 1.165) is 33.7 Å². The summed E-state index contributed by atoms with van der Waals surface area (Å²) < 4.78 is 1.15. The van der Waals surface area contributed by atoms with Crippen LogP contribution in [0.15, 0.2) is 59.0 Å². The van der Waals surface area contributed by atoms with E-state index < -0.39 is 0 Å². The van der Waals surface area contributed by atoms with Crippen molar-refractivity contribution >= 4 is 39.0 Å². The number of fused-ring (bicyclic) bond motifs is 1. The molecule has 2 aromatic heterocycles. The average molecular weight is 322 g/mol. The van der Waals surface area contributed by atoms with Crippen molar-refractivity contribution in [1.29, 1.82) is 0 Å². The summed E-state index contributed by atoms with van der Waals surface area (Å²) in [6.07, 6.45) is 3.25. The molecule has 0 aliphatic heterocycles. The van der Waals surface area contributed by atoms with E-state index in [-0.39, 0.29) is 0 Å². The molecule has 116 valence electrons. The minimum Gasteiger partial charge on any atom is -0.404 e. The first-order valence-corrected chi connectivity index (χ1v) is 8.20. The Morgan fingerprint density at radius 2 is 2.09 bits per heavy atom. The van der Waals surface area contributed by atoms with Gasteiger partial charge in [0.1, 0.15) is 5.52 Å². The van der Waals surface area contributed by atoms with Gasteiger partial charge in [0.25, 0.3) is 0 Å². The molecule has 0 atom stereocenters. The fourth-order valence-electron chi connectivity index (χ4n) is 2.33. The minimum atomic E-state index is 0.772. The topological polar surface area (TPSA) is 63.3 Å². The van der Waals surface area contributed by atoms with Crippen LogP contribution in [0.2, 0.25) is 0 Å². The standard InChI is InChI=1S/C18H18N4S/c1-20-11-14(9-19)15-7-8-17-18(22-15)16(12-23-17)21-10-13-5-3-2-4-6-13/h2-9,11-12,21H,10,19H2,1H3/b14-9+,20-11?. The second kappa shape index (κ2) is 7.07. The van der Waals surface area contributed by atoms with E-state index in [9.17, 15) is 0 Å². The summed E-state index contributed by atoms with van der Waals surface area (Å²) in [5.74, 6) is 0. The number of benzene rings is 1. The van der Waals surface area contributed by atoms with E-state index in [0.29, 0.717) is 0 Å². The summed E-state index contributed by atoms with van der Waals surface area (Å²) in [5, 5.41) is 5.56. The molecule has 5 heteroatoms. The monoisotopic (exact) mass is 322 g/mol. The average Bonchev–Trinajstić information content (AvgIpc) is 3.01. The van der Waals surface area contributed by atoms with E-state index in [1.54, 1.807) is 24.6 Å². The number of allylic oxidation sites excluding steroid dienone is 1. The van der Waals surface area contributed by atoms with E-state index in [1.165, 1.54) is 11.8 Å². The van der Waals surface area contributed by atoms with Crippen LogP contribution < -0.4 is 11.1 Å². The highest BCUT2D eigenvalue weighted by molar-refractivity contribution is 7.17. The van der Waals surface area contributed by atoms with Crippen molar-refractivity contribution in [2.45, 2.75) is 6.54 Å². The van der Waals surface area contributed by atoms with Crippen LogP contribution in [0.25, 0.3) is 15.8 Å². The summed E-state index contributed by atoms with van der Waals surface area (Å²) in [6, 6.07) is 14.4. The molecule has 3 N–H and O–H groups in total. The van der Waals surface area contributed by atoms with Crippen LogP contribution in [0.4, 0.5) is 5.69 Å². The third-order valence-electron chi connectivity index (χ3n) is 3.49. The van der Waals surface area contributed by atoms with E-state index in [1.807, 2.05) is 24.3 Å². The Balaban J connectivity index is 1.89. The normalized spacial score (nSPS) is 12.1. The lowest BCUT2D eigenvalue weighted by atomic mass is 10.2. The second-order valence-corrected chi connectivity index (χ2v) is 5.95. The zero-order valence-corrected chi connectivity index (χ0v) is 13.7. The highest BCUT2D eigenvalue weighted by atomic mass is 32.1. The third-order valence-corrected chi connectivity index (χ3v) is 4.42. The van der Waals surface area contributed by atoms with Crippen molar-refractivity contribution in [2.75, 3.05) is 12.4 Å². The van der Waals surface area contributed by atoms with E-state index in [2.05, 4.69) is 33.9 Å². The van der Waals surface area contributed by atoms with Crippen LogP contribution in [-0.2, 0) is 6.54 Å². The minimum absolute atomic E-state index is 0.772. The van der Waals surface area contributed by atoms with Gasteiger partial charge in [-0.3, -0.25) is 4.99 Å². The zero-order valence-electron chi connectivity index (χ0n) is 12.9. The lowest BCUT2D eigenvalue weighted by Gasteiger charge is -2.06. The van der Waals surface area contributed by atoms with E-state index >= 15 is 0 Å². The number of rotatable bonds is 5. The van der Waals surface area contributed by atoms with Gasteiger partial charge in [0, 0.05) is 37.0 Å². The first-order chi connectivity index (χ1) is 11.3. The lowest BCUT2D eigenvalue weighted by molar-refractivity contribution is 1.15. The second-order valence-electron chi connectivity index (χ2n) is 5.04. The molecule has 0 aliphatic rings. The Kier molecular flexibility index (Phi) is 4.68. The predicted molar refractivity (Wildman–Crippen MR) is 100.0 cm³/mol. The summed E-state index contributed by atoms with van der Waals surface area (Å²) in [4.78, 5) is 8.77. The first kappa shape index (κ1) is 15.2. The molecule has 0 radical (unpaired) electrons. The van der Waals surface area contributed by atoms with Crippen molar-refractivity contribution in [1.82, 2.24) is 4.98 Å². The van der Waals surface area contributed by atoms with Crippen LogP contribution in [-0.4, -0.2) is 18.2 Å². The molecule has 0 saturated heterocycles. The van der Waals surface area contributed by atoms with Gasteiger partial charge in [-0.2, -0.15) is 0 Å². The molecule has 0 unspecified atom stereocenters. The van der Waals surface area contributed by atoms with Gasteiger partial charge in [-0.25, -0.2) is 4.98 Å². The fraction of sp³-hybridized carbons (Fsp3) is 0.111. The van der Waals surface area contributed by atoms with Crippen molar-refractivity contribution in [3.63, 3.8) is 0 Å². The summed E-state index contributed by atoms with van der Waals surface area (Å²) >= 11 is 1.68. The number of aromatic nitrogens is 1. The Labute approximate surface area is 139 Å². The number of aliphatic imine (C=N–C) groups is 1. The van der Waals surface area contributed by atoms with Gasteiger partial charge in [0.15, 0.2) is 0 Å². The Hall–Kier alpha value is -2.66. The maximum atomic E-state index is 5.68. The van der Waals surface area contributed by atoms with Gasteiger partial charge in [-0.15, -0.1) is 11.3 Å². The van der Waals surface area contributed by atoms with Gasteiger partial charge in [0.05, 0.1) is 16.1 Å². The Morgan fingerprint density at radius 3 is 2.83 bits per heavy atom. The number of pyridine rings is 1. The van der Waals surface area contributed by atoms with Crippen LogP contribution in [0.5, 0.6) is 0 Å². The molecule has 0 fully saturated rings. The number of hydrogen-bond donors (Lipinski definition) is 2. The number of hydrogen-bond acceptors (Lipinski definition) is 5. The zero-order chi connectivity index (χ0) is 16.1. The molecule has 3 aromatic rings. The Morgan fingerprint density at radius 1 is 1.26 bits per heavy atom. The number of nitrogens with one attached hydrogen (secondary N) is 1. The van der Waals surface area contributed by atoms with Gasteiger partial charge in [-0.05, 0) is 17.7 Å². The lowest BCUT2D eigenvalue weighted by Crippen LogP contribution is -2.00. The maximum absolute atomic E-state index is 5.68. The van der Waals surface area contributed by atoms with Crippen LogP contribution >= 0.6 is 11.3 Å².